The Morgan fingerprint density at radius 1 is 0.315 bits per heavy atom. The molecule has 22 amide bonds. The van der Waals surface area contributed by atoms with Gasteiger partial charge in [-0.15, -0.1) is 0 Å². The molecule has 0 saturated carbocycles. The first-order chi connectivity index (χ1) is 69.4. The van der Waals surface area contributed by atoms with E-state index < -0.39 is 349 Å². The van der Waals surface area contributed by atoms with Gasteiger partial charge in [0.15, 0.2) is 0 Å². The number of carbonyl (C=O) groups excluding carboxylic acids is 22. The second-order valence-electron chi connectivity index (χ2n) is 40.5. The minimum atomic E-state index is -1.80. The van der Waals surface area contributed by atoms with Gasteiger partial charge < -0.3 is 143 Å². The van der Waals surface area contributed by atoms with Crippen LogP contribution in [0.3, 0.4) is 0 Å². The minimum Gasteiger partial charge on any atom is -0.481 e. The monoisotopic (exact) mass is 2150 g/mol. The Morgan fingerprint density at radius 3 is 1.04 bits per heavy atom. The van der Waals surface area contributed by atoms with Crippen molar-refractivity contribution in [3.63, 3.8) is 0 Å². The van der Waals surface area contributed by atoms with Gasteiger partial charge in [-0.25, -0.2) is 4.79 Å². The Morgan fingerprint density at radius 2 is 0.631 bits per heavy atom. The molecule has 149 heavy (non-hydrogen) atoms. The molecule has 54 heteroatoms. The number of primary amides is 1. The number of hydrogen-bond donors (Lipinski definition) is 25. The molecule has 0 bridgehead atoms. The number of aliphatic hydroxyl groups is 1. The van der Waals surface area contributed by atoms with E-state index in [1.807, 2.05) is 5.32 Å². The van der Waals surface area contributed by atoms with Gasteiger partial charge in [-0.2, -0.15) is 23.5 Å². The molecule has 2 saturated heterocycles. The zero-order valence-electron chi connectivity index (χ0n) is 89.3. The van der Waals surface area contributed by atoms with Crippen LogP contribution in [0.4, 0.5) is 0 Å². The Labute approximate surface area is 876 Å². The van der Waals surface area contributed by atoms with E-state index in [1.54, 1.807) is 123 Å². The molecule has 0 aromatic heterocycles. The van der Waals surface area contributed by atoms with Crippen molar-refractivity contribution in [1.82, 2.24) is 111 Å². The van der Waals surface area contributed by atoms with E-state index in [2.05, 4.69) is 95.7 Å². The second kappa shape index (κ2) is 64.7. The highest BCUT2D eigenvalue weighted by atomic mass is 32.2. The van der Waals surface area contributed by atoms with E-state index in [9.17, 15) is 135 Å². The van der Waals surface area contributed by atoms with Crippen molar-refractivity contribution in [1.29, 1.82) is 0 Å². The lowest BCUT2D eigenvalue weighted by atomic mass is 9.98. The molecule has 52 nitrogen and oxygen atoms in total. The molecule has 2 aliphatic rings. The molecule has 0 aromatic rings. The van der Waals surface area contributed by atoms with Gasteiger partial charge in [0.25, 0.3) is 0 Å². The van der Waals surface area contributed by atoms with Crippen LogP contribution in [-0.2, 0) is 120 Å². The number of amides is 22. The Bertz CT molecular complexity index is 4680. The van der Waals surface area contributed by atoms with Gasteiger partial charge in [0.2, 0.25) is 130 Å². The number of nitrogens with one attached hydrogen (secondary N) is 19. The number of rotatable bonds is 65. The summed E-state index contributed by atoms with van der Waals surface area (Å²) >= 11 is 2.67. The summed E-state index contributed by atoms with van der Waals surface area (Å²) in [7, 11) is 0. The minimum absolute atomic E-state index is 0.00471. The summed E-state index contributed by atoms with van der Waals surface area (Å²) < 4.78 is 0. The second-order valence-corrected chi connectivity index (χ2v) is 42.4. The highest BCUT2D eigenvalue weighted by molar-refractivity contribution is 7.98. The van der Waals surface area contributed by atoms with Crippen LogP contribution in [-0.4, -0.2) is 356 Å². The fraction of sp³-hybridized carbons (Fsp3) is 0.737. The lowest BCUT2D eigenvalue weighted by Gasteiger charge is -2.33. The fourth-order valence-corrected chi connectivity index (χ4v) is 16.6. The van der Waals surface area contributed by atoms with Crippen LogP contribution in [0.15, 0.2) is 0 Å². The van der Waals surface area contributed by atoms with Gasteiger partial charge in [-0.05, 0) is 149 Å². The number of nitrogens with two attached hydrogens (primary N) is 2. The normalized spacial score (nSPS) is 17.1. The van der Waals surface area contributed by atoms with Crippen LogP contribution >= 0.6 is 23.5 Å². The smallest absolute Gasteiger partial charge is 0.326 e. The van der Waals surface area contributed by atoms with Crippen LogP contribution in [0, 0.1) is 53.3 Å². The third-order valence-corrected chi connectivity index (χ3v) is 25.6. The Kier molecular flexibility index (Phi) is 57.5. The summed E-state index contributed by atoms with van der Waals surface area (Å²) in [5, 5.41) is 85.9. The van der Waals surface area contributed by atoms with E-state index in [0.717, 1.165) is 4.90 Å². The molecule has 842 valence electrons. The maximum Gasteiger partial charge on any atom is 0.326 e. The van der Waals surface area contributed by atoms with E-state index in [4.69, 9.17) is 16.6 Å². The molecular formula is C95H161N23O29S2. The molecule has 27 N–H and O–H groups in total. The maximum absolute atomic E-state index is 14.8. The first-order valence-electron chi connectivity index (χ1n) is 50.0. The molecule has 2 aliphatic heterocycles. The van der Waals surface area contributed by atoms with Crippen molar-refractivity contribution < 1.29 is 140 Å². The van der Waals surface area contributed by atoms with E-state index in [-0.39, 0.29) is 69.9 Å². The predicted molar refractivity (Wildman–Crippen MR) is 545 cm³/mol. The first kappa shape index (κ1) is 132. The standard InChI is InChI=1S/C95H161N23O29S2/c1-42(2)34-57(106-92(143)72(47(11)12)113-86(137)61(41-119)109-87(138)62-26-24-30-117(62)66(122)40-99-80(131)60(38-68(125)126)105-79(130)54(96)36-67(123)124)83(134)100-51(19)76(127)98-39-65(121)110-69(44(5)6)89(140)102-53(21)77(128)111-70(45(7)8)90(141)104-56(29-33-149-23)81(132)112-71(46(9)10)91(142)107-58(35-43(3)4)85(136)103-55(28-32-148-22)82(133)115-74(49(15)16)94(145)118-31-25-27-63(118)88(139)114-73(48(13)14)93(144)108-59(37-64(97)120)84(135)101-52(20)78(129)116-75(50(17)18)95(146)147/h42-63,69-75,119H,24-41,96H2,1-23H3,(H2,97,120)(H,98,127)(H,99,131)(H,100,134)(H,101,135)(H,102,140)(H,103,136)(H,104,141)(H,105,130)(H,106,143)(H,107,142)(H,108,144)(H,109,138)(H,110,121)(H,111,128)(H,112,132)(H,113,137)(H,114,139)(H,115,133)(H,116,129)(H,123,124)(H,125,126)(H,146,147)/t51-,52-,53-,54-,55-,56-,57-,58-,59-,60-,61-,62-,63-,69-,70-,71-,72-,73-,74-,75-/m0/s1. The fourth-order valence-electron chi connectivity index (χ4n) is 15.7. The molecule has 0 aliphatic carbocycles. The number of nitrogens with zero attached hydrogens (tertiary/aromatic N) is 2. The Balaban J connectivity index is 2.22. The summed E-state index contributed by atoms with van der Waals surface area (Å²) in [4.78, 5) is 341. The van der Waals surface area contributed by atoms with Gasteiger partial charge >= 0.3 is 17.9 Å². The Hall–Kier alpha value is -12.6. The average molecular weight is 2150 g/mol. The lowest BCUT2D eigenvalue weighted by Crippen LogP contribution is -2.62. The third kappa shape index (κ3) is 45.0. The largest absolute Gasteiger partial charge is 0.481 e. The van der Waals surface area contributed by atoms with Crippen LogP contribution in [0.25, 0.3) is 0 Å². The first-order valence-corrected chi connectivity index (χ1v) is 52.8. The molecular weight excluding hydrogens is 1990 g/mol. The van der Waals surface area contributed by atoms with E-state index in [0.29, 0.717) is 17.9 Å². The van der Waals surface area contributed by atoms with Crippen LogP contribution < -0.4 is 112 Å². The summed E-state index contributed by atoms with van der Waals surface area (Å²) in [5.74, 6) is -28.7. The van der Waals surface area contributed by atoms with Crippen molar-refractivity contribution in [3.05, 3.63) is 0 Å². The van der Waals surface area contributed by atoms with Gasteiger partial charge in [-0.3, -0.25) is 115 Å². The number of aliphatic hydroxyl groups excluding tert-OH is 1. The van der Waals surface area contributed by atoms with E-state index >= 15 is 0 Å². The number of carbonyl (C=O) groups is 25. The van der Waals surface area contributed by atoms with Gasteiger partial charge in [-0.1, -0.05) is 125 Å². The summed E-state index contributed by atoms with van der Waals surface area (Å²) in [6.45, 7) is 30.5. The third-order valence-electron chi connectivity index (χ3n) is 24.3. The predicted octanol–water partition coefficient (Wildman–Crippen LogP) is -6.08. The molecule has 2 heterocycles. The number of likely N-dealkylation sites (tertiary alicyclic amines) is 2. The van der Waals surface area contributed by atoms with Gasteiger partial charge in [0, 0.05) is 13.1 Å². The summed E-state index contributed by atoms with van der Waals surface area (Å²) in [6, 6.07) is -28.2. The zero-order valence-corrected chi connectivity index (χ0v) is 91.0. The van der Waals surface area contributed by atoms with Crippen molar-refractivity contribution in [2.75, 3.05) is 56.8 Å². The maximum atomic E-state index is 14.8. The van der Waals surface area contributed by atoms with Crippen LogP contribution in [0.1, 0.15) is 216 Å². The number of thioether (sulfide) groups is 2. The van der Waals surface area contributed by atoms with Crippen molar-refractivity contribution >= 4 is 171 Å². The van der Waals surface area contributed by atoms with Crippen molar-refractivity contribution in [2.45, 2.75) is 337 Å². The highest BCUT2D eigenvalue weighted by Gasteiger charge is 2.46. The molecule has 2 rings (SSSR count). The zero-order chi connectivity index (χ0) is 114. The quantitative estimate of drug-likeness (QED) is 0.0269. The SMILES string of the molecule is CSCC[C@H](NC(=O)[C@H](CC(C)C)NC(=O)[C@@H](NC(=O)[C@H](CCSC)NC(=O)[C@@H](NC(=O)[C@H](C)NC(=O)[C@@H](NC(=O)CNC(=O)[C@H](C)NC(=O)[C@H](CC(C)C)NC(=O)[C@@H](NC(=O)[C@H](CO)NC(=O)[C@@H]1CCCN1C(=O)CNC(=O)[C@H](CC(=O)O)NC(=O)[C@@H](N)CC(=O)O)C(C)C)C(C)C)C(C)C)C(C)C)C(=O)N[C@H](C(=O)N1CCC[C@H]1C(=O)N[C@H](C(=O)N[C@@H](CC(N)=O)C(=O)N[C@@H](C)C(=O)N[C@H](C(=O)O)C(C)C)C(C)C)C(C)C. The number of aliphatic carboxylic acids is 3. The number of carboxylic acid groups (broad SMARTS) is 3. The summed E-state index contributed by atoms with van der Waals surface area (Å²) in [5.41, 5.74) is 11.0. The average Bonchev–Trinajstić information content (AvgIpc) is 1.69. The highest BCUT2D eigenvalue weighted by Crippen LogP contribution is 2.24. The van der Waals surface area contributed by atoms with Crippen LogP contribution in [0.2, 0.25) is 0 Å². The molecule has 2 fully saturated rings. The van der Waals surface area contributed by atoms with Crippen LogP contribution in [0.5, 0.6) is 0 Å². The number of carboxylic acids is 3. The van der Waals surface area contributed by atoms with E-state index in [1.165, 1.54) is 63.0 Å². The van der Waals surface area contributed by atoms with Crippen molar-refractivity contribution in [3.8, 4) is 0 Å². The van der Waals surface area contributed by atoms with Crippen molar-refractivity contribution in [2.24, 2.45) is 64.7 Å². The molecule has 0 aromatic carbocycles. The molecule has 0 spiro atoms. The topological polar surface area (TPSA) is 795 Å². The number of hydrogen-bond acceptors (Lipinski definition) is 29. The molecule has 0 radical (unpaired) electrons. The van der Waals surface area contributed by atoms with Gasteiger partial charge in [0.1, 0.15) is 115 Å². The molecule has 0 unspecified atom stereocenters. The summed E-state index contributed by atoms with van der Waals surface area (Å²) in [6.07, 6.45) is 1.68. The van der Waals surface area contributed by atoms with Gasteiger partial charge in [0.05, 0.1) is 45.0 Å². The molecule has 20 atom stereocenters. The lowest BCUT2D eigenvalue weighted by molar-refractivity contribution is -0.144.